The number of anilines is 5. The molecule has 0 unspecified atom stereocenters. The maximum absolute atomic E-state index is 4.87. The topological polar surface area (TPSA) is 99.8 Å². The molecule has 0 saturated heterocycles. The molecule has 0 atom stereocenters. The zero-order chi connectivity index (χ0) is 17.8. The first kappa shape index (κ1) is 15.9. The molecule has 130 valence electrons. The van der Waals surface area contributed by atoms with E-state index in [-0.39, 0.29) is 0 Å². The van der Waals surface area contributed by atoms with Crippen molar-refractivity contribution >= 4 is 39.7 Å². The molecule has 0 aliphatic heterocycles. The van der Waals surface area contributed by atoms with Crippen molar-refractivity contribution in [2.75, 3.05) is 23.2 Å². The van der Waals surface area contributed by atoms with Gasteiger partial charge in [0.25, 0.3) is 0 Å². The van der Waals surface area contributed by atoms with E-state index < -0.39 is 0 Å². The number of fused-ring (bicyclic) bond motifs is 1. The molecule has 8 heteroatoms. The third-order valence-electron chi connectivity index (χ3n) is 3.73. The molecule has 4 N–H and O–H groups in total. The van der Waals surface area contributed by atoms with E-state index >= 15 is 0 Å². The van der Waals surface area contributed by atoms with Crippen LogP contribution in [0.3, 0.4) is 0 Å². The fraction of sp³-hybridized carbons (Fsp3) is 0.0556. The van der Waals surface area contributed by atoms with Crippen molar-refractivity contribution in [3.8, 4) is 0 Å². The molecule has 0 aliphatic carbocycles. The largest absolute Gasteiger partial charge is 0.340 e. The number of benzene rings is 2. The summed E-state index contributed by atoms with van der Waals surface area (Å²) in [6.07, 6.45) is 3.49. The Hall–Kier alpha value is -3.65. The van der Waals surface area contributed by atoms with Crippen LogP contribution in [0.1, 0.15) is 0 Å². The molecule has 0 radical (unpaired) electrons. The van der Waals surface area contributed by atoms with E-state index in [0.29, 0.717) is 11.8 Å². The van der Waals surface area contributed by atoms with Gasteiger partial charge in [0.2, 0.25) is 5.95 Å². The molecular weight excluding hydrogens is 330 g/mol. The number of nitrogens with one attached hydrogen (secondary N) is 4. The minimum Gasteiger partial charge on any atom is -0.340 e. The predicted molar refractivity (Wildman–Crippen MR) is 102 cm³/mol. The van der Waals surface area contributed by atoms with Crippen LogP contribution in [0.2, 0.25) is 0 Å². The fourth-order valence-corrected chi connectivity index (χ4v) is 2.53. The zero-order valence-corrected chi connectivity index (χ0v) is 14.0. The first-order valence-corrected chi connectivity index (χ1v) is 7.99. The standard InChI is InChI=1S/C18H17N7O/c1-26-25-14-4-2-13(3-5-14)22-18-19-9-8-17(23-18)21-15-6-7-16-12(10-15)11-20-24-16/h2-11,25H,1H3,(H,20,24)(H2,19,21,22,23). The Morgan fingerprint density at radius 2 is 1.73 bits per heavy atom. The highest BCUT2D eigenvalue weighted by Gasteiger charge is 2.03. The maximum Gasteiger partial charge on any atom is 0.229 e. The van der Waals surface area contributed by atoms with E-state index in [9.17, 15) is 0 Å². The lowest BCUT2D eigenvalue weighted by Gasteiger charge is -2.09. The summed E-state index contributed by atoms with van der Waals surface area (Å²) in [5, 5.41) is 14.5. The third-order valence-corrected chi connectivity index (χ3v) is 3.73. The highest BCUT2D eigenvalue weighted by Crippen LogP contribution is 2.21. The first-order valence-electron chi connectivity index (χ1n) is 7.99. The summed E-state index contributed by atoms with van der Waals surface area (Å²) < 4.78 is 0. The highest BCUT2D eigenvalue weighted by atomic mass is 16.6. The summed E-state index contributed by atoms with van der Waals surface area (Å²) in [6.45, 7) is 0. The number of rotatable bonds is 6. The van der Waals surface area contributed by atoms with Crippen molar-refractivity contribution in [2.24, 2.45) is 0 Å². The van der Waals surface area contributed by atoms with Crippen LogP contribution in [-0.2, 0) is 4.84 Å². The van der Waals surface area contributed by atoms with Crippen LogP contribution in [0.25, 0.3) is 10.9 Å². The van der Waals surface area contributed by atoms with E-state index in [2.05, 4.69) is 36.3 Å². The van der Waals surface area contributed by atoms with Gasteiger partial charge in [-0.15, -0.1) is 0 Å². The van der Waals surface area contributed by atoms with E-state index in [0.717, 1.165) is 28.0 Å². The molecule has 2 aromatic carbocycles. The SMILES string of the molecule is CONc1ccc(Nc2nccc(Nc3ccc4[nH]ncc4c3)n2)cc1. The van der Waals surface area contributed by atoms with Crippen molar-refractivity contribution in [2.45, 2.75) is 0 Å². The summed E-state index contributed by atoms with van der Waals surface area (Å²) >= 11 is 0. The monoisotopic (exact) mass is 347 g/mol. The van der Waals surface area contributed by atoms with Gasteiger partial charge >= 0.3 is 0 Å². The molecule has 4 rings (SSSR count). The number of H-pyrrole nitrogens is 1. The molecule has 0 saturated carbocycles. The minimum absolute atomic E-state index is 0.506. The van der Waals surface area contributed by atoms with Gasteiger partial charge in [0, 0.05) is 23.0 Å². The lowest BCUT2D eigenvalue weighted by molar-refractivity contribution is 0.271. The number of aromatic nitrogens is 4. The maximum atomic E-state index is 4.87. The van der Waals surface area contributed by atoms with Gasteiger partial charge in [-0.3, -0.25) is 15.4 Å². The molecule has 0 spiro atoms. The zero-order valence-electron chi connectivity index (χ0n) is 14.0. The van der Waals surface area contributed by atoms with Gasteiger partial charge in [0.1, 0.15) is 5.82 Å². The molecule has 0 fully saturated rings. The molecule has 4 aromatic rings. The smallest absolute Gasteiger partial charge is 0.229 e. The second-order valence-electron chi connectivity index (χ2n) is 5.57. The normalized spacial score (nSPS) is 10.7. The lowest BCUT2D eigenvalue weighted by Crippen LogP contribution is -2.00. The Morgan fingerprint density at radius 1 is 0.923 bits per heavy atom. The Balaban J connectivity index is 1.48. The molecule has 26 heavy (non-hydrogen) atoms. The van der Waals surface area contributed by atoms with Crippen LogP contribution in [0.5, 0.6) is 0 Å². The summed E-state index contributed by atoms with van der Waals surface area (Å²) in [7, 11) is 1.57. The molecule has 0 bridgehead atoms. The lowest BCUT2D eigenvalue weighted by atomic mass is 10.2. The Bertz CT molecular complexity index is 1010. The van der Waals surface area contributed by atoms with E-state index in [4.69, 9.17) is 4.84 Å². The van der Waals surface area contributed by atoms with Gasteiger partial charge in [-0.25, -0.2) is 4.98 Å². The van der Waals surface area contributed by atoms with Gasteiger partial charge in [-0.2, -0.15) is 10.1 Å². The van der Waals surface area contributed by atoms with Crippen LogP contribution >= 0.6 is 0 Å². The van der Waals surface area contributed by atoms with Crippen molar-refractivity contribution in [1.82, 2.24) is 20.2 Å². The van der Waals surface area contributed by atoms with Gasteiger partial charge < -0.3 is 10.6 Å². The molecule has 8 nitrogen and oxygen atoms in total. The number of hydrogen-bond donors (Lipinski definition) is 4. The average Bonchev–Trinajstić information content (AvgIpc) is 3.12. The molecular formula is C18H17N7O. The van der Waals surface area contributed by atoms with Gasteiger partial charge in [0.15, 0.2) is 0 Å². The fourth-order valence-electron chi connectivity index (χ4n) is 2.53. The van der Waals surface area contributed by atoms with E-state index in [1.807, 2.05) is 48.5 Å². The third kappa shape index (κ3) is 3.55. The van der Waals surface area contributed by atoms with Crippen LogP contribution in [0.15, 0.2) is 60.9 Å². The first-order chi connectivity index (χ1) is 12.8. The quantitative estimate of drug-likeness (QED) is 0.394. The number of aromatic amines is 1. The summed E-state index contributed by atoms with van der Waals surface area (Å²) in [6, 6.07) is 15.4. The molecule has 0 amide bonds. The Morgan fingerprint density at radius 3 is 2.58 bits per heavy atom. The van der Waals surface area contributed by atoms with Crippen LogP contribution in [0, 0.1) is 0 Å². The predicted octanol–water partition coefficient (Wildman–Crippen LogP) is 3.81. The average molecular weight is 347 g/mol. The van der Waals surface area contributed by atoms with Crippen LogP contribution < -0.4 is 16.1 Å². The minimum atomic E-state index is 0.506. The Kier molecular flexibility index (Phi) is 4.31. The van der Waals surface area contributed by atoms with Crippen LogP contribution in [-0.4, -0.2) is 27.3 Å². The molecule has 0 aliphatic rings. The van der Waals surface area contributed by atoms with Crippen molar-refractivity contribution in [3.63, 3.8) is 0 Å². The van der Waals surface area contributed by atoms with Crippen LogP contribution in [0.4, 0.5) is 28.8 Å². The molecule has 2 aromatic heterocycles. The number of hydrogen-bond acceptors (Lipinski definition) is 7. The van der Waals surface area contributed by atoms with Crippen molar-refractivity contribution < 1.29 is 4.84 Å². The summed E-state index contributed by atoms with van der Waals surface area (Å²) in [4.78, 5) is 13.6. The second-order valence-corrected chi connectivity index (χ2v) is 5.57. The van der Waals surface area contributed by atoms with E-state index in [1.165, 1.54) is 0 Å². The van der Waals surface area contributed by atoms with Gasteiger partial charge in [0.05, 0.1) is 24.5 Å². The number of nitrogens with zero attached hydrogens (tertiary/aromatic N) is 3. The molecule has 2 heterocycles. The van der Waals surface area contributed by atoms with E-state index in [1.54, 1.807) is 19.5 Å². The summed E-state index contributed by atoms with van der Waals surface area (Å²) in [5.41, 5.74) is 6.43. The highest BCUT2D eigenvalue weighted by molar-refractivity contribution is 5.82. The van der Waals surface area contributed by atoms with Gasteiger partial charge in [-0.1, -0.05) is 0 Å². The summed E-state index contributed by atoms with van der Waals surface area (Å²) in [5.74, 6) is 1.20. The van der Waals surface area contributed by atoms with Gasteiger partial charge in [-0.05, 0) is 48.5 Å². The Labute approximate surface area is 149 Å². The second kappa shape index (κ2) is 7.08. The van der Waals surface area contributed by atoms with Crippen molar-refractivity contribution in [1.29, 1.82) is 0 Å². The van der Waals surface area contributed by atoms with Crippen molar-refractivity contribution in [3.05, 3.63) is 60.9 Å².